The SMILES string of the molecule is CC(C)(C)n1nc(C(=O)NCc2ccccc2)cc1-c1ccnc(Oc2ccc(C#N)cc2)n1. The lowest BCUT2D eigenvalue weighted by atomic mass is 10.1. The topological polar surface area (TPSA) is 106 Å². The number of nitrogens with zero attached hydrogens (tertiary/aromatic N) is 5. The van der Waals surface area contributed by atoms with E-state index >= 15 is 0 Å². The molecule has 0 aliphatic rings. The smallest absolute Gasteiger partial charge is 0.322 e. The quantitative estimate of drug-likeness (QED) is 0.455. The summed E-state index contributed by atoms with van der Waals surface area (Å²) in [6, 6.07) is 22.1. The van der Waals surface area contributed by atoms with E-state index < -0.39 is 5.54 Å². The molecule has 0 unspecified atom stereocenters. The van der Waals surface area contributed by atoms with Crippen LogP contribution in [0.3, 0.4) is 0 Å². The van der Waals surface area contributed by atoms with E-state index in [0.717, 1.165) is 5.56 Å². The molecular weight excluding hydrogens is 428 g/mol. The van der Waals surface area contributed by atoms with Crippen LogP contribution >= 0.6 is 0 Å². The zero-order valence-corrected chi connectivity index (χ0v) is 19.2. The Bertz CT molecular complexity index is 1330. The van der Waals surface area contributed by atoms with E-state index in [2.05, 4.69) is 26.5 Å². The van der Waals surface area contributed by atoms with Crippen molar-refractivity contribution in [3.05, 3.63) is 89.7 Å². The Labute approximate surface area is 197 Å². The third-order valence-corrected chi connectivity index (χ3v) is 4.96. The molecule has 8 heteroatoms. The number of carbonyl (C=O) groups is 1. The van der Waals surface area contributed by atoms with Crippen LogP contribution < -0.4 is 10.1 Å². The Kier molecular flexibility index (Phi) is 6.37. The Morgan fingerprint density at radius 3 is 2.50 bits per heavy atom. The van der Waals surface area contributed by atoms with Gasteiger partial charge < -0.3 is 10.1 Å². The molecule has 8 nitrogen and oxygen atoms in total. The second-order valence-corrected chi connectivity index (χ2v) is 8.63. The van der Waals surface area contributed by atoms with E-state index in [1.54, 1.807) is 47.3 Å². The molecule has 2 heterocycles. The maximum absolute atomic E-state index is 12.8. The molecular formula is C26H24N6O2. The van der Waals surface area contributed by atoms with Crippen molar-refractivity contribution in [2.45, 2.75) is 32.9 Å². The molecule has 0 saturated heterocycles. The van der Waals surface area contributed by atoms with Crippen LogP contribution in [0.5, 0.6) is 11.8 Å². The number of rotatable bonds is 6. The molecule has 4 aromatic rings. The molecule has 0 saturated carbocycles. The van der Waals surface area contributed by atoms with Crippen LogP contribution in [0, 0.1) is 11.3 Å². The van der Waals surface area contributed by atoms with Gasteiger partial charge in [0.1, 0.15) is 5.75 Å². The average molecular weight is 453 g/mol. The average Bonchev–Trinajstić information content (AvgIpc) is 3.30. The van der Waals surface area contributed by atoms with E-state index in [-0.39, 0.29) is 11.9 Å². The molecule has 170 valence electrons. The second kappa shape index (κ2) is 9.55. The summed E-state index contributed by atoms with van der Waals surface area (Å²) in [6.45, 7) is 6.42. The summed E-state index contributed by atoms with van der Waals surface area (Å²) in [7, 11) is 0. The first-order chi connectivity index (χ1) is 16.3. The number of carbonyl (C=O) groups excluding carboxylic acids is 1. The van der Waals surface area contributed by atoms with Crippen LogP contribution in [0.4, 0.5) is 0 Å². The molecule has 0 radical (unpaired) electrons. The number of nitriles is 1. The predicted octanol–water partition coefficient (Wildman–Crippen LogP) is 4.69. The highest BCUT2D eigenvalue weighted by Crippen LogP contribution is 2.27. The minimum Gasteiger partial charge on any atom is -0.424 e. The van der Waals surface area contributed by atoms with Crippen molar-refractivity contribution >= 4 is 5.91 Å². The summed E-state index contributed by atoms with van der Waals surface area (Å²) < 4.78 is 7.54. The van der Waals surface area contributed by atoms with Gasteiger partial charge in [-0.25, -0.2) is 4.98 Å². The summed E-state index contributed by atoms with van der Waals surface area (Å²) in [5, 5.41) is 16.4. The van der Waals surface area contributed by atoms with E-state index in [1.165, 1.54) is 0 Å². The van der Waals surface area contributed by atoms with Gasteiger partial charge >= 0.3 is 6.01 Å². The number of benzene rings is 2. The highest BCUT2D eigenvalue weighted by Gasteiger charge is 2.24. The van der Waals surface area contributed by atoms with Crippen molar-refractivity contribution in [3.8, 4) is 29.2 Å². The first-order valence-electron chi connectivity index (χ1n) is 10.8. The van der Waals surface area contributed by atoms with Gasteiger partial charge in [0.25, 0.3) is 5.91 Å². The zero-order valence-electron chi connectivity index (χ0n) is 19.2. The summed E-state index contributed by atoms with van der Waals surface area (Å²) in [5.41, 5.74) is 2.69. The van der Waals surface area contributed by atoms with Gasteiger partial charge in [-0.3, -0.25) is 9.48 Å². The molecule has 0 aliphatic heterocycles. The van der Waals surface area contributed by atoms with Crippen molar-refractivity contribution < 1.29 is 9.53 Å². The van der Waals surface area contributed by atoms with Crippen LogP contribution in [-0.2, 0) is 12.1 Å². The normalized spacial score (nSPS) is 11.0. The fraction of sp³-hybridized carbons (Fsp3) is 0.192. The summed E-state index contributed by atoms with van der Waals surface area (Å²) in [5.74, 6) is 0.248. The van der Waals surface area contributed by atoms with Gasteiger partial charge in [0.2, 0.25) is 0 Å². The van der Waals surface area contributed by atoms with E-state index in [0.29, 0.717) is 34.9 Å². The monoisotopic (exact) mass is 452 g/mol. The van der Waals surface area contributed by atoms with Crippen molar-refractivity contribution in [3.63, 3.8) is 0 Å². The lowest BCUT2D eigenvalue weighted by molar-refractivity contribution is 0.0944. The second-order valence-electron chi connectivity index (χ2n) is 8.63. The first-order valence-corrected chi connectivity index (χ1v) is 10.8. The van der Waals surface area contributed by atoms with Crippen molar-refractivity contribution in [1.82, 2.24) is 25.1 Å². The lowest BCUT2D eigenvalue weighted by Gasteiger charge is -2.22. The van der Waals surface area contributed by atoms with Crippen molar-refractivity contribution in [1.29, 1.82) is 5.26 Å². The third kappa shape index (κ3) is 5.27. The maximum Gasteiger partial charge on any atom is 0.322 e. The van der Waals surface area contributed by atoms with Gasteiger partial charge in [-0.15, -0.1) is 0 Å². The van der Waals surface area contributed by atoms with Gasteiger partial charge in [-0.1, -0.05) is 30.3 Å². The Hall–Kier alpha value is -4.51. The summed E-state index contributed by atoms with van der Waals surface area (Å²) >= 11 is 0. The Morgan fingerprint density at radius 1 is 1.09 bits per heavy atom. The van der Waals surface area contributed by atoms with Gasteiger partial charge in [-0.2, -0.15) is 15.3 Å². The molecule has 4 rings (SSSR count). The largest absolute Gasteiger partial charge is 0.424 e. The van der Waals surface area contributed by atoms with Crippen molar-refractivity contribution in [2.24, 2.45) is 0 Å². The van der Waals surface area contributed by atoms with Gasteiger partial charge in [-0.05, 0) is 62.7 Å². The molecule has 1 N–H and O–H groups in total. The molecule has 1 amide bonds. The Balaban J connectivity index is 1.60. The first kappa shape index (κ1) is 22.7. The molecule has 0 atom stereocenters. The van der Waals surface area contributed by atoms with Crippen molar-refractivity contribution in [2.75, 3.05) is 0 Å². The number of ether oxygens (including phenoxy) is 1. The molecule has 0 bridgehead atoms. The van der Waals surface area contributed by atoms with E-state index in [9.17, 15) is 4.79 Å². The lowest BCUT2D eigenvalue weighted by Crippen LogP contribution is -2.26. The van der Waals surface area contributed by atoms with Crippen LogP contribution in [0.2, 0.25) is 0 Å². The summed E-state index contributed by atoms with van der Waals surface area (Å²) in [6.07, 6.45) is 1.59. The molecule has 34 heavy (non-hydrogen) atoms. The molecule has 0 spiro atoms. The van der Waals surface area contributed by atoms with E-state index in [1.807, 2.05) is 51.1 Å². The van der Waals surface area contributed by atoms with E-state index in [4.69, 9.17) is 10.00 Å². The zero-order chi connectivity index (χ0) is 24.1. The number of aromatic nitrogens is 4. The highest BCUT2D eigenvalue weighted by atomic mass is 16.5. The highest BCUT2D eigenvalue weighted by molar-refractivity contribution is 5.93. The van der Waals surface area contributed by atoms with Gasteiger partial charge in [0.15, 0.2) is 5.69 Å². The molecule has 2 aromatic heterocycles. The van der Waals surface area contributed by atoms with Gasteiger partial charge in [0.05, 0.1) is 28.6 Å². The third-order valence-electron chi connectivity index (χ3n) is 4.96. The van der Waals surface area contributed by atoms with Crippen LogP contribution in [0.25, 0.3) is 11.4 Å². The van der Waals surface area contributed by atoms with Gasteiger partial charge in [0, 0.05) is 12.7 Å². The molecule has 2 aromatic carbocycles. The maximum atomic E-state index is 12.8. The Morgan fingerprint density at radius 2 is 1.82 bits per heavy atom. The minimum atomic E-state index is -0.396. The number of nitrogens with one attached hydrogen (secondary N) is 1. The number of hydrogen-bond donors (Lipinski definition) is 1. The van der Waals surface area contributed by atoms with Crippen LogP contribution in [0.15, 0.2) is 72.9 Å². The molecule has 0 aliphatic carbocycles. The minimum absolute atomic E-state index is 0.152. The fourth-order valence-electron chi connectivity index (χ4n) is 3.29. The fourth-order valence-corrected chi connectivity index (χ4v) is 3.29. The molecule has 0 fully saturated rings. The number of amides is 1. The van der Waals surface area contributed by atoms with Crippen LogP contribution in [0.1, 0.15) is 42.4 Å². The standard InChI is InChI=1S/C26H24N6O2/c1-26(2,3)32-23(15-22(31-32)24(33)29-17-19-7-5-4-6-8-19)21-13-14-28-25(30-21)34-20-11-9-18(16-27)10-12-20/h4-15H,17H2,1-3H3,(H,29,33). The summed E-state index contributed by atoms with van der Waals surface area (Å²) in [4.78, 5) is 21.6. The predicted molar refractivity (Wildman–Crippen MR) is 127 cm³/mol. The number of hydrogen-bond acceptors (Lipinski definition) is 6. The van der Waals surface area contributed by atoms with Crippen LogP contribution in [-0.4, -0.2) is 25.7 Å².